The molecule has 0 aliphatic rings. The molecule has 0 radical (unpaired) electrons. The van der Waals surface area contributed by atoms with Crippen LogP contribution in [-0.2, 0) is 0 Å². The molecule has 0 aliphatic heterocycles. The number of anilines is 1. The van der Waals surface area contributed by atoms with Crippen molar-refractivity contribution in [2.45, 2.75) is 19.9 Å². The van der Waals surface area contributed by atoms with Crippen molar-refractivity contribution in [2.75, 3.05) is 18.4 Å². The number of hydrogen-bond donors (Lipinski definition) is 2. The lowest BCUT2D eigenvalue weighted by molar-refractivity contribution is -0.384. The number of nitrogens with one attached hydrogen (secondary N) is 2. The summed E-state index contributed by atoms with van der Waals surface area (Å²) < 4.78 is 0. The van der Waals surface area contributed by atoms with Gasteiger partial charge in [-0.2, -0.15) is 0 Å². The molecule has 0 aromatic heterocycles. The van der Waals surface area contributed by atoms with Crippen molar-refractivity contribution < 1.29 is 4.92 Å². The molecule has 2 N–H and O–H groups in total. The minimum Gasteiger partial charge on any atom is -0.384 e. The zero-order valence-electron chi connectivity index (χ0n) is 9.56. The lowest BCUT2D eigenvalue weighted by atomic mass is 10.3. The largest absolute Gasteiger partial charge is 0.384 e. The summed E-state index contributed by atoms with van der Waals surface area (Å²) in [6.07, 6.45) is 0. The van der Waals surface area contributed by atoms with E-state index in [0.717, 1.165) is 18.8 Å². The lowest BCUT2D eigenvalue weighted by Gasteiger charge is -2.09. The van der Waals surface area contributed by atoms with Crippen LogP contribution in [0.15, 0.2) is 24.3 Å². The van der Waals surface area contributed by atoms with Gasteiger partial charge in [-0.25, -0.2) is 0 Å². The Morgan fingerprint density at radius 2 is 2.12 bits per heavy atom. The fourth-order valence-corrected chi connectivity index (χ4v) is 1.30. The van der Waals surface area contributed by atoms with Gasteiger partial charge in [-0.15, -0.1) is 0 Å². The van der Waals surface area contributed by atoms with Crippen LogP contribution in [0.1, 0.15) is 13.8 Å². The quantitative estimate of drug-likeness (QED) is 0.440. The van der Waals surface area contributed by atoms with E-state index >= 15 is 0 Å². The monoisotopic (exact) mass is 223 g/mol. The van der Waals surface area contributed by atoms with Gasteiger partial charge in [0.15, 0.2) is 0 Å². The molecule has 5 nitrogen and oxygen atoms in total. The van der Waals surface area contributed by atoms with Gasteiger partial charge in [0, 0.05) is 37.0 Å². The maximum Gasteiger partial charge on any atom is 0.271 e. The van der Waals surface area contributed by atoms with Crippen molar-refractivity contribution >= 4 is 11.4 Å². The van der Waals surface area contributed by atoms with Crippen LogP contribution in [0.2, 0.25) is 0 Å². The Morgan fingerprint density at radius 1 is 1.38 bits per heavy atom. The van der Waals surface area contributed by atoms with E-state index in [-0.39, 0.29) is 5.69 Å². The molecule has 0 bridgehead atoms. The first-order valence-electron chi connectivity index (χ1n) is 5.31. The van der Waals surface area contributed by atoms with E-state index in [2.05, 4.69) is 24.5 Å². The third kappa shape index (κ3) is 4.27. The molecule has 0 atom stereocenters. The first kappa shape index (κ1) is 12.4. The smallest absolute Gasteiger partial charge is 0.271 e. The fraction of sp³-hybridized carbons (Fsp3) is 0.455. The van der Waals surface area contributed by atoms with Gasteiger partial charge in [0.1, 0.15) is 0 Å². The van der Waals surface area contributed by atoms with Gasteiger partial charge in [-0.05, 0) is 6.07 Å². The highest BCUT2D eigenvalue weighted by atomic mass is 16.6. The highest BCUT2D eigenvalue weighted by molar-refractivity contribution is 5.50. The topological polar surface area (TPSA) is 67.2 Å². The van der Waals surface area contributed by atoms with Crippen LogP contribution in [0.4, 0.5) is 11.4 Å². The van der Waals surface area contributed by atoms with E-state index in [0.29, 0.717) is 6.04 Å². The molecular weight excluding hydrogens is 206 g/mol. The fourth-order valence-electron chi connectivity index (χ4n) is 1.30. The van der Waals surface area contributed by atoms with Crippen LogP contribution in [0, 0.1) is 10.1 Å². The van der Waals surface area contributed by atoms with Gasteiger partial charge in [-0.3, -0.25) is 10.1 Å². The molecule has 0 amide bonds. The van der Waals surface area contributed by atoms with Gasteiger partial charge >= 0.3 is 0 Å². The number of rotatable bonds is 6. The van der Waals surface area contributed by atoms with Gasteiger partial charge in [0.05, 0.1) is 4.92 Å². The van der Waals surface area contributed by atoms with E-state index < -0.39 is 4.92 Å². The lowest BCUT2D eigenvalue weighted by Crippen LogP contribution is -2.28. The Morgan fingerprint density at radius 3 is 2.75 bits per heavy atom. The Kier molecular flexibility index (Phi) is 4.72. The number of hydrogen-bond acceptors (Lipinski definition) is 4. The first-order chi connectivity index (χ1) is 7.59. The second-order valence-corrected chi connectivity index (χ2v) is 3.84. The van der Waals surface area contributed by atoms with E-state index in [4.69, 9.17) is 0 Å². The Balaban J connectivity index is 2.42. The molecule has 0 saturated carbocycles. The van der Waals surface area contributed by atoms with Gasteiger partial charge in [0.2, 0.25) is 0 Å². The van der Waals surface area contributed by atoms with E-state index in [9.17, 15) is 10.1 Å². The number of benzene rings is 1. The SMILES string of the molecule is CC(C)NCCNc1cccc([N+](=O)[O-])c1. The van der Waals surface area contributed by atoms with Gasteiger partial charge in [0.25, 0.3) is 5.69 Å². The van der Waals surface area contributed by atoms with E-state index in [1.165, 1.54) is 12.1 Å². The zero-order valence-corrected chi connectivity index (χ0v) is 9.56. The van der Waals surface area contributed by atoms with Crippen molar-refractivity contribution in [1.29, 1.82) is 0 Å². The van der Waals surface area contributed by atoms with Crippen LogP contribution < -0.4 is 10.6 Å². The van der Waals surface area contributed by atoms with Gasteiger partial charge in [-0.1, -0.05) is 19.9 Å². The van der Waals surface area contributed by atoms with Crippen molar-refractivity contribution in [3.63, 3.8) is 0 Å². The molecule has 16 heavy (non-hydrogen) atoms. The highest BCUT2D eigenvalue weighted by Gasteiger charge is 2.04. The standard InChI is InChI=1S/C11H17N3O2/c1-9(2)12-6-7-13-10-4-3-5-11(8-10)14(15)16/h3-5,8-9,12-13H,6-7H2,1-2H3. The molecule has 5 heteroatoms. The molecule has 0 saturated heterocycles. The van der Waals surface area contributed by atoms with Crippen molar-refractivity contribution in [1.82, 2.24) is 5.32 Å². The number of non-ortho nitro benzene ring substituents is 1. The average Bonchev–Trinajstić information content (AvgIpc) is 2.24. The zero-order chi connectivity index (χ0) is 12.0. The molecule has 0 spiro atoms. The van der Waals surface area contributed by atoms with Gasteiger partial charge < -0.3 is 10.6 Å². The molecule has 0 heterocycles. The summed E-state index contributed by atoms with van der Waals surface area (Å²) in [5, 5.41) is 16.9. The molecule has 0 fully saturated rings. The average molecular weight is 223 g/mol. The first-order valence-corrected chi connectivity index (χ1v) is 5.31. The van der Waals surface area contributed by atoms with E-state index in [1.807, 2.05) is 6.07 Å². The second kappa shape index (κ2) is 6.07. The summed E-state index contributed by atoms with van der Waals surface area (Å²) in [6, 6.07) is 6.97. The second-order valence-electron chi connectivity index (χ2n) is 3.84. The summed E-state index contributed by atoms with van der Waals surface area (Å²) in [5.74, 6) is 0. The highest BCUT2D eigenvalue weighted by Crippen LogP contribution is 2.16. The number of nitro benzene ring substituents is 1. The van der Waals surface area contributed by atoms with Crippen molar-refractivity contribution in [3.8, 4) is 0 Å². The maximum atomic E-state index is 10.5. The van der Waals surface area contributed by atoms with Crippen LogP contribution in [0.5, 0.6) is 0 Å². The predicted molar refractivity (Wildman–Crippen MR) is 64.7 cm³/mol. The normalized spacial score (nSPS) is 10.4. The predicted octanol–water partition coefficient (Wildman–Crippen LogP) is 2.00. The molecule has 1 rings (SSSR count). The Labute approximate surface area is 95.0 Å². The Hall–Kier alpha value is -1.62. The summed E-state index contributed by atoms with van der Waals surface area (Å²) >= 11 is 0. The van der Waals surface area contributed by atoms with Crippen molar-refractivity contribution in [3.05, 3.63) is 34.4 Å². The van der Waals surface area contributed by atoms with E-state index in [1.54, 1.807) is 6.07 Å². The Bertz CT molecular complexity index is 353. The third-order valence-electron chi connectivity index (χ3n) is 2.06. The van der Waals surface area contributed by atoms with Crippen LogP contribution >= 0.6 is 0 Å². The van der Waals surface area contributed by atoms with Crippen LogP contribution in [0.25, 0.3) is 0 Å². The number of nitrogens with zero attached hydrogens (tertiary/aromatic N) is 1. The molecular formula is C11H17N3O2. The maximum absolute atomic E-state index is 10.5. The molecule has 88 valence electrons. The minimum absolute atomic E-state index is 0.113. The number of nitro groups is 1. The summed E-state index contributed by atoms with van der Waals surface area (Å²) in [5.41, 5.74) is 0.890. The minimum atomic E-state index is -0.391. The summed E-state index contributed by atoms with van der Waals surface area (Å²) in [6.45, 7) is 5.74. The van der Waals surface area contributed by atoms with Crippen LogP contribution in [0.3, 0.4) is 0 Å². The third-order valence-corrected chi connectivity index (χ3v) is 2.06. The molecule has 1 aromatic carbocycles. The van der Waals surface area contributed by atoms with Crippen LogP contribution in [-0.4, -0.2) is 24.1 Å². The molecule has 1 aromatic rings. The van der Waals surface area contributed by atoms with Crippen molar-refractivity contribution in [2.24, 2.45) is 0 Å². The molecule has 0 unspecified atom stereocenters. The molecule has 0 aliphatic carbocycles. The summed E-state index contributed by atoms with van der Waals surface area (Å²) in [7, 11) is 0. The summed E-state index contributed by atoms with van der Waals surface area (Å²) in [4.78, 5) is 10.1.